The summed E-state index contributed by atoms with van der Waals surface area (Å²) in [6.45, 7) is 2.17. The van der Waals surface area contributed by atoms with Gasteiger partial charge >= 0.3 is 0 Å². The summed E-state index contributed by atoms with van der Waals surface area (Å²) in [5, 5.41) is 11.5. The van der Waals surface area contributed by atoms with Crippen molar-refractivity contribution in [3.05, 3.63) is 86.9 Å². The summed E-state index contributed by atoms with van der Waals surface area (Å²) in [7, 11) is -0.110. The van der Waals surface area contributed by atoms with E-state index in [1.54, 1.807) is 55.4 Å². The molecule has 1 amide bonds. The van der Waals surface area contributed by atoms with E-state index in [0.29, 0.717) is 27.8 Å². The predicted molar refractivity (Wildman–Crippen MR) is 138 cm³/mol. The van der Waals surface area contributed by atoms with Crippen molar-refractivity contribution in [2.45, 2.75) is 17.4 Å². The summed E-state index contributed by atoms with van der Waals surface area (Å²) in [5.41, 5.74) is -1.14. The number of non-ortho nitro benzene ring substituents is 1. The first-order valence-corrected chi connectivity index (χ1v) is 13.0. The fraction of sp³-hybridized carbons (Fsp3) is 0.240. The van der Waals surface area contributed by atoms with Gasteiger partial charge in [0.25, 0.3) is 21.6 Å². The van der Waals surface area contributed by atoms with Gasteiger partial charge in [-0.25, -0.2) is 12.7 Å². The van der Waals surface area contributed by atoms with Gasteiger partial charge in [-0.15, -0.1) is 0 Å². The fourth-order valence-corrected chi connectivity index (χ4v) is 6.49. The van der Waals surface area contributed by atoms with E-state index >= 15 is 0 Å². The van der Waals surface area contributed by atoms with Gasteiger partial charge in [-0.3, -0.25) is 19.8 Å². The highest BCUT2D eigenvalue weighted by Crippen LogP contribution is 2.52. The fourth-order valence-electron chi connectivity index (χ4n) is 4.62. The van der Waals surface area contributed by atoms with Gasteiger partial charge in [-0.1, -0.05) is 29.8 Å². The molecular formula is C25H24ClN3O7S. The molecule has 12 heteroatoms. The summed E-state index contributed by atoms with van der Waals surface area (Å²) >= 11 is 6.58. The molecule has 0 fully saturated rings. The number of methoxy groups -OCH3 is 1. The summed E-state index contributed by atoms with van der Waals surface area (Å²) in [6, 6.07) is 14.5. The Kier molecular flexibility index (Phi) is 6.89. The van der Waals surface area contributed by atoms with E-state index < -0.39 is 31.3 Å². The Morgan fingerprint density at radius 2 is 1.78 bits per heavy atom. The number of hydrogen-bond acceptors (Lipinski definition) is 8. The van der Waals surface area contributed by atoms with Crippen molar-refractivity contribution in [1.82, 2.24) is 4.90 Å². The zero-order valence-corrected chi connectivity index (χ0v) is 22.0. The number of anilines is 1. The molecule has 3 aromatic rings. The van der Waals surface area contributed by atoms with E-state index in [-0.39, 0.29) is 22.1 Å². The van der Waals surface area contributed by atoms with Gasteiger partial charge in [0.1, 0.15) is 16.4 Å². The Hall–Kier alpha value is -3.67. The number of nitrogens with zero attached hydrogens (tertiary/aromatic N) is 3. The Bertz CT molecular complexity index is 1510. The smallest absolute Gasteiger partial charge is 0.274 e. The lowest BCUT2D eigenvalue weighted by Crippen LogP contribution is -2.52. The van der Waals surface area contributed by atoms with Crippen molar-refractivity contribution < 1.29 is 27.6 Å². The van der Waals surface area contributed by atoms with Gasteiger partial charge in [-0.2, -0.15) is 0 Å². The molecule has 1 heterocycles. The molecule has 0 aliphatic carbocycles. The molecule has 0 saturated heterocycles. The minimum absolute atomic E-state index is 0.0995. The number of sulfonamides is 1. The number of benzene rings is 3. The molecule has 1 unspecified atom stereocenters. The first-order chi connectivity index (χ1) is 17.5. The first-order valence-electron chi connectivity index (χ1n) is 11.1. The maximum atomic E-state index is 14.4. The van der Waals surface area contributed by atoms with Crippen molar-refractivity contribution >= 4 is 38.9 Å². The molecule has 0 bridgehead atoms. The number of halogens is 1. The monoisotopic (exact) mass is 545 g/mol. The Balaban J connectivity index is 2.04. The van der Waals surface area contributed by atoms with Crippen LogP contribution in [0.15, 0.2) is 65.6 Å². The number of nitro benzene ring substituents is 1. The Morgan fingerprint density at radius 1 is 1.08 bits per heavy atom. The molecule has 3 aromatic carbocycles. The number of rotatable bonds is 8. The zero-order valence-electron chi connectivity index (χ0n) is 20.5. The van der Waals surface area contributed by atoms with Gasteiger partial charge in [0.15, 0.2) is 5.54 Å². The van der Waals surface area contributed by atoms with Crippen molar-refractivity contribution in [2.75, 3.05) is 32.1 Å². The van der Waals surface area contributed by atoms with E-state index in [1.807, 2.05) is 6.92 Å². The summed E-state index contributed by atoms with van der Waals surface area (Å²) in [4.78, 5) is 26.2. The van der Waals surface area contributed by atoms with E-state index in [9.17, 15) is 23.3 Å². The average Bonchev–Trinajstić information content (AvgIpc) is 3.13. The van der Waals surface area contributed by atoms with Crippen molar-refractivity contribution in [2.24, 2.45) is 0 Å². The average molecular weight is 546 g/mol. The molecule has 1 atom stereocenters. The second kappa shape index (κ2) is 9.66. The lowest BCUT2D eigenvalue weighted by molar-refractivity contribution is -0.385. The molecule has 37 heavy (non-hydrogen) atoms. The lowest BCUT2D eigenvalue weighted by atomic mass is 9.82. The predicted octanol–water partition coefficient (Wildman–Crippen LogP) is 4.20. The highest BCUT2D eigenvalue weighted by atomic mass is 35.5. The van der Waals surface area contributed by atoms with E-state index in [0.717, 1.165) is 18.2 Å². The minimum atomic E-state index is -4.61. The number of nitro groups is 1. The van der Waals surface area contributed by atoms with Gasteiger partial charge in [0.2, 0.25) is 0 Å². The molecule has 0 N–H and O–H groups in total. The topological polar surface area (TPSA) is 119 Å². The van der Waals surface area contributed by atoms with Crippen molar-refractivity contribution in [3.63, 3.8) is 0 Å². The molecule has 1 aliphatic heterocycles. The maximum absolute atomic E-state index is 14.4. The summed E-state index contributed by atoms with van der Waals surface area (Å²) < 4.78 is 39.7. The standard InChI is InChI=1S/C25H24ClN3O7S/c1-5-36-17-11-12-21-19(15-17)25(27(2)3,18-8-6-7-9-20(18)26)24(30)28(21)37(33,34)23-13-10-16(29(31)32)14-22(23)35-4/h6-15H,5H2,1-4H3. The normalized spacial score (nSPS) is 17.1. The first kappa shape index (κ1) is 26.4. The van der Waals surface area contributed by atoms with Gasteiger partial charge < -0.3 is 9.47 Å². The number of fused-ring (bicyclic) bond motifs is 1. The molecule has 0 saturated carbocycles. The second-order valence-electron chi connectivity index (χ2n) is 8.36. The van der Waals surface area contributed by atoms with Gasteiger partial charge in [0.05, 0.1) is 30.4 Å². The van der Waals surface area contributed by atoms with Gasteiger partial charge in [-0.05, 0) is 51.4 Å². The number of carbonyl (C=O) groups is 1. The third kappa shape index (κ3) is 3.99. The maximum Gasteiger partial charge on any atom is 0.274 e. The van der Waals surface area contributed by atoms with E-state index in [4.69, 9.17) is 21.1 Å². The Labute approximate surface area is 219 Å². The number of ether oxygens (including phenoxy) is 2. The molecule has 0 radical (unpaired) electrons. The molecule has 4 rings (SSSR count). The Morgan fingerprint density at radius 3 is 2.38 bits per heavy atom. The number of amides is 1. The van der Waals surface area contributed by atoms with Crippen LogP contribution in [0.25, 0.3) is 0 Å². The molecule has 1 aliphatic rings. The van der Waals surface area contributed by atoms with Crippen LogP contribution in [-0.4, -0.2) is 52.0 Å². The zero-order chi connectivity index (χ0) is 27.1. The van der Waals surface area contributed by atoms with E-state index in [2.05, 4.69) is 0 Å². The quantitative estimate of drug-likeness (QED) is 0.305. The largest absolute Gasteiger partial charge is 0.495 e. The number of hydrogen-bond donors (Lipinski definition) is 0. The minimum Gasteiger partial charge on any atom is -0.495 e. The summed E-state index contributed by atoms with van der Waals surface area (Å²) in [6.07, 6.45) is 0. The highest BCUT2D eigenvalue weighted by molar-refractivity contribution is 7.93. The number of carbonyl (C=O) groups excluding carboxylic acids is 1. The molecule has 10 nitrogen and oxygen atoms in total. The molecule has 0 aromatic heterocycles. The van der Waals surface area contributed by atoms with Crippen LogP contribution in [0.3, 0.4) is 0 Å². The molecular weight excluding hydrogens is 522 g/mol. The van der Waals surface area contributed by atoms with Crippen LogP contribution in [0.4, 0.5) is 11.4 Å². The van der Waals surface area contributed by atoms with Gasteiger partial charge in [0, 0.05) is 22.2 Å². The van der Waals surface area contributed by atoms with Crippen LogP contribution in [-0.2, 0) is 20.4 Å². The van der Waals surface area contributed by atoms with Crippen LogP contribution in [0, 0.1) is 10.1 Å². The van der Waals surface area contributed by atoms with E-state index in [1.165, 1.54) is 13.2 Å². The molecule has 194 valence electrons. The SMILES string of the molecule is CCOc1ccc2c(c1)C(c1ccccc1Cl)(N(C)C)C(=O)N2S(=O)(=O)c1ccc([N+](=O)[O-])cc1OC. The molecule has 0 spiro atoms. The van der Waals surface area contributed by atoms with Crippen LogP contribution >= 0.6 is 11.6 Å². The second-order valence-corrected chi connectivity index (χ2v) is 10.5. The number of likely N-dealkylation sites (N-methyl/N-ethyl adjacent to an activating group) is 1. The van der Waals surface area contributed by atoms with Crippen molar-refractivity contribution in [1.29, 1.82) is 0 Å². The lowest BCUT2D eigenvalue weighted by Gasteiger charge is -2.36. The van der Waals surface area contributed by atoms with Crippen LogP contribution < -0.4 is 13.8 Å². The third-order valence-electron chi connectivity index (χ3n) is 6.19. The van der Waals surface area contributed by atoms with Crippen molar-refractivity contribution in [3.8, 4) is 11.5 Å². The highest BCUT2D eigenvalue weighted by Gasteiger charge is 2.58. The van der Waals surface area contributed by atoms with Crippen LogP contribution in [0.5, 0.6) is 11.5 Å². The summed E-state index contributed by atoms with van der Waals surface area (Å²) in [5.74, 6) is -0.622. The third-order valence-corrected chi connectivity index (χ3v) is 8.26. The van der Waals surface area contributed by atoms with Crippen LogP contribution in [0.2, 0.25) is 5.02 Å². The van der Waals surface area contributed by atoms with Crippen LogP contribution in [0.1, 0.15) is 18.1 Å².